The van der Waals surface area contributed by atoms with E-state index in [-0.39, 0.29) is 0 Å². The first kappa shape index (κ1) is 12.3. The molecule has 17 heavy (non-hydrogen) atoms. The Labute approximate surface area is 103 Å². The lowest BCUT2D eigenvalue weighted by molar-refractivity contribution is 0.577. The number of hydrogen-bond acceptors (Lipinski definition) is 4. The third kappa shape index (κ3) is 2.94. The lowest BCUT2D eigenvalue weighted by Crippen LogP contribution is -2.31. The summed E-state index contributed by atoms with van der Waals surface area (Å²) in [6.07, 6.45) is 4.74. The maximum absolute atomic E-state index is 5.59. The highest BCUT2D eigenvalue weighted by atomic mass is 15.3. The van der Waals surface area contributed by atoms with Crippen LogP contribution in [0.3, 0.4) is 0 Å². The van der Waals surface area contributed by atoms with Gasteiger partial charge in [-0.3, -0.25) is 0 Å². The molecule has 1 aliphatic rings. The van der Waals surface area contributed by atoms with Gasteiger partial charge in [0.05, 0.1) is 0 Å². The quantitative estimate of drug-likeness (QED) is 0.863. The molecule has 94 valence electrons. The van der Waals surface area contributed by atoms with E-state index in [9.17, 15) is 0 Å². The van der Waals surface area contributed by atoms with Gasteiger partial charge in [-0.05, 0) is 52.1 Å². The lowest BCUT2D eigenvalue weighted by Gasteiger charge is -2.25. The van der Waals surface area contributed by atoms with Gasteiger partial charge < -0.3 is 10.6 Å². The van der Waals surface area contributed by atoms with Crippen LogP contribution in [-0.4, -0.2) is 29.1 Å². The molecule has 0 radical (unpaired) electrons. The monoisotopic (exact) mass is 234 g/mol. The summed E-state index contributed by atoms with van der Waals surface area (Å²) >= 11 is 0. The van der Waals surface area contributed by atoms with Crippen LogP contribution in [0, 0.1) is 13.8 Å². The van der Waals surface area contributed by atoms with Crippen molar-refractivity contribution in [2.75, 3.05) is 18.0 Å². The Bertz CT molecular complexity index is 357. The van der Waals surface area contributed by atoms with E-state index in [0.717, 1.165) is 43.3 Å². The van der Waals surface area contributed by atoms with Gasteiger partial charge in [0.2, 0.25) is 5.95 Å². The van der Waals surface area contributed by atoms with Crippen molar-refractivity contribution in [3.05, 3.63) is 17.5 Å². The molecule has 0 aromatic carbocycles. The smallest absolute Gasteiger partial charge is 0.226 e. The molecule has 1 fully saturated rings. The summed E-state index contributed by atoms with van der Waals surface area (Å²) in [6.45, 7) is 5.92. The minimum atomic E-state index is 0.583. The second-order valence-electron chi connectivity index (χ2n) is 4.87. The molecule has 1 aliphatic heterocycles. The molecule has 0 saturated carbocycles. The predicted octanol–water partition coefficient (Wildman–Crippen LogP) is 1.80. The van der Waals surface area contributed by atoms with Gasteiger partial charge in [0.25, 0.3) is 0 Å². The first-order valence-electron chi connectivity index (χ1n) is 6.49. The molecule has 1 unspecified atom stereocenters. The molecule has 1 aromatic rings. The molecular weight excluding hydrogens is 212 g/mol. The second-order valence-corrected chi connectivity index (χ2v) is 4.87. The molecule has 0 aliphatic carbocycles. The summed E-state index contributed by atoms with van der Waals surface area (Å²) in [4.78, 5) is 11.5. The van der Waals surface area contributed by atoms with Crippen LogP contribution in [0.15, 0.2) is 6.07 Å². The SMILES string of the molecule is Cc1cc(C)nc(N2CCCC2CCCN)n1. The highest BCUT2D eigenvalue weighted by molar-refractivity contribution is 5.35. The van der Waals surface area contributed by atoms with Crippen molar-refractivity contribution in [3.63, 3.8) is 0 Å². The van der Waals surface area contributed by atoms with Gasteiger partial charge >= 0.3 is 0 Å². The third-order valence-corrected chi connectivity index (χ3v) is 3.35. The summed E-state index contributed by atoms with van der Waals surface area (Å²) in [5.41, 5.74) is 7.69. The zero-order valence-electron chi connectivity index (χ0n) is 10.8. The van der Waals surface area contributed by atoms with Crippen molar-refractivity contribution in [1.29, 1.82) is 0 Å². The van der Waals surface area contributed by atoms with Gasteiger partial charge in [0.1, 0.15) is 0 Å². The standard InChI is InChI=1S/C13H22N4/c1-10-9-11(2)16-13(15-10)17-8-4-6-12(17)5-3-7-14/h9,12H,3-8,14H2,1-2H3. The highest BCUT2D eigenvalue weighted by Gasteiger charge is 2.26. The van der Waals surface area contributed by atoms with Crippen LogP contribution < -0.4 is 10.6 Å². The average Bonchev–Trinajstić information content (AvgIpc) is 2.73. The van der Waals surface area contributed by atoms with Gasteiger partial charge in [-0.1, -0.05) is 0 Å². The van der Waals surface area contributed by atoms with Crippen LogP contribution in [0.2, 0.25) is 0 Å². The molecule has 2 heterocycles. The normalized spacial score (nSPS) is 19.9. The van der Waals surface area contributed by atoms with Gasteiger partial charge in [-0.2, -0.15) is 0 Å². The number of aromatic nitrogens is 2. The van der Waals surface area contributed by atoms with Crippen LogP contribution >= 0.6 is 0 Å². The van der Waals surface area contributed by atoms with Crippen molar-refractivity contribution in [2.24, 2.45) is 5.73 Å². The Morgan fingerprint density at radius 1 is 1.35 bits per heavy atom. The molecule has 1 aromatic heterocycles. The number of rotatable bonds is 4. The summed E-state index contributed by atoms with van der Waals surface area (Å²) in [5.74, 6) is 0.905. The van der Waals surface area contributed by atoms with Crippen LogP contribution in [0.5, 0.6) is 0 Å². The highest BCUT2D eigenvalue weighted by Crippen LogP contribution is 2.25. The minimum absolute atomic E-state index is 0.583. The molecule has 1 saturated heterocycles. The molecule has 1 atom stereocenters. The molecule has 2 rings (SSSR count). The molecule has 0 bridgehead atoms. The van der Waals surface area contributed by atoms with Gasteiger partial charge in [-0.25, -0.2) is 9.97 Å². The van der Waals surface area contributed by atoms with Crippen LogP contribution in [0.4, 0.5) is 5.95 Å². The molecular formula is C13H22N4. The Hall–Kier alpha value is -1.16. The topological polar surface area (TPSA) is 55.0 Å². The van der Waals surface area contributed by atoms with Gasteiger partial charge in [0.15, 0.2) is 0 Å². The van der Waals surface area contributed by atoms with Crippen molar-refractivity contribution >= 4 is 5.95 Å². The maximum atomic E-state index is 5.59. The average molecular weight is 234 g/mol. The summed E-state index contributed by atoms with van der Waals surface area (Å²) in [5, 5.41) is 0. The van der Waals surface area contributed by atoms with E-state index in [0.29, 0.717) is 6.04 Å². The van der Waals surface area contributed by atoms with Crippen LogP contribution in [-0.2, 0) is 0 Å². The minimum Gasteiger partial charge on any atom is -0.338 e. The Kier molecular flexibility index (Phi) is 3.94. The van der Waals surface area contributed by atoms with Gasteiger partial charge in [-0.15, -0.1) is 0 Å². The van der Waals surface area contributed by atoms with Crippen molar-refractivity contribution in [2.45, 2.75) is 45.6 Å². The molecule has 0 amide bonds. The Balaban J connectivity index is 2.14. The summed E-state index contributed by atoms with van der Waals surface area (Å²) in [7, 11) is 0. The van der Waals surface area contributed by atoms with E-state index in [1.807, 2.05) is 19.9 Å². The zero-order chi connectivity index (χ0) is 12.3. The molecule has 0 spiro atoms. The van der Waals surface area contributed by atoms with E-state index in [2.05, 4.69) is 14.9 Å². The van der Waals surface area contributed by atoms with Crippen LogP contribution in [0.1, 0.15) is 37.1 Å². The largest absolute Gasteiger partial charge is 0.338 e. The van der Waals surface area contributed by atoms with E-state index in [1.54, 1.807) is 0 Å². The van der Waals surface area contributed by atoms with E-state index >= 15 is 0 Å². The predicted molar refractivity (Wildman–Crippen MR) is 70.2 cm³/mol. The van der Waals surface area contributed by atoms with Crippen molar-refractivity contribution < 1.29 is 0 Å². The van der Waals surface area contributed by atoms with Gasteiger partial charge in [0, 0.05) is 24.0 Å². The molecule has 2 N–H and O–H groups in total. The molecule has 4 nitrogen and oxygen atoms in total. The Morgan fingerprint density at radius 2 is 2.06 bits per heavy atom. The number of aryl methyl sites for hydroxylation is 2. The zero-order valence-corrected chi connectivity index (χ0v) is 10.8. The van der Waals surface area contributed by atoms with E-state index < -0.39 is 0 Å². The Morgan fingerprint density at radius 3 is 2.71 bits per heavy atom. The first-order chi connectivity index (χ1) is 8.20. The summed E-state index contributed by atoms with van der Waals surface area (Å²) < 4.78 is 0. The fourth-order valence-corrected chi connectivity index (χ4v) is 2.59. The number of hydrogen-bond donors (Lipinski definition) is 1. The first-order valence-corrected chi connectivity index (χ1v) is 6.49. The van der Waals surface area contributed by atoms with Crippen LogP contribution in [0.25, 0.3) is 0 Å². The second kappa shape index (κ2) is 5.45. The van der Waals surface area contributed by atoms with E-state index in [4.69, 9.17) is 5.73 Å². The maximum Gasteiger partial charge on any atom is 0.226 e. The molecule has 4 heteroatoms. The summed E-state index contributed by atoms with van der Waals surface area (Å²) in [6, 6.07) is 2.61. The number of nitrogens with two attached hydrogens (primary N) is 1. The lowest BCUT2D eigenvalue weighted by atomic mass is 10.1. The van der Waals surface area contributed by atoms with Crippen molar-refractivity contribution in [1.82, 2.24) is 9.97 Å². The fourth-order valence-electron chi connectivity index (χ4n) is 2.59. The van der Waals surface area contributed by atoms with Crippen molar-refractivity contribution in [3.8, 4) is 0 Å². The van der Waals surface area contributed by atoms with E-state index in [1.165, 1.54) is 12.8 Å². The number of nitrogens with zero attached hydrogens (tertiary/aromatic N) is 3. The third-order valence-electron chi connectivity index (χ3n) is 3.35. The number of anilines is 1. The fraction of sp³-hybridized carbons (Fsp3) is 0.692.